The highest BCUT2D eigenvalue weighted by atomic mass is 32.2. The van der Waals surface area contributed by atoms with Gasteiger partial charge in [-0.15, -0.1) is 0 Å². The average Bonchev–Trinajstić information content (AvgIpc) is 2.44. The van der Waals surface area contributed by atoms with E-state index in [2.05, 4.69) is 16.0 Å². The lowest BCUT2D eigenvalue weighted by molar-refractivity contribution is -0.136. The molecule has 0 bridgehead atoms. The Kier molecular flexibility index (Phi) is 7.05. The number of rotatable bonds is 6. The number of thioether (sulfide) groups is 1. The van der Waals surface area contributed by atoms with Gasteiger partial charge in [0.1, 0.15) is 0 Å². The van der Waals surface area contributed by atoms with Crippen molar-refractivity contribution in [1.29, 1.82) is 0 Å². The smallest absolute Gasteiger partial charge is 0.313 e. The minimum atomic E-state index is -1.08. The van der Waals surface area contributed by atoms with Gasteiger partial charge in [0, 0.05) is 30.6 Å². The van der Waals surface area contributed by atoms with E-state index in [4.69, 9.17) is 0 Å². The highest BCUT2D eigenvalue weighted by Gasteiger charge is 2.22. The Morgan fingerprint density at radius 1 is 1.17 bits per heavy atom. The fraction of sp³-hybridized carbons (Fsp3) is 0.400. The van der Waals surface area contributed by atoms with Crippen molar-refractivity contribution in [3.63, 3.8) is 0 Å². The minimum Gasteiger partial charge on any atom is -0.387 e. The molecule has 0 radical (unpaired) electrons. The van der Waals surface area contributed by atoms with Crippen molar-refractivity contribution in [3.8, 4) is 0 Å². The number of carbonyl (C=O) groups is 3. The van der Waals surface area contributed by atoms with E-state index < -0.39 is 17.4 Å². The standard InChI is InChI=1S/C15H21N3O4S/c1-10(19)17-11-5-4-6-12(7-11)18-14(21)13(20)16-8-15(2,22)9-23-3/h4-7,22H,8-9H2,1-3H3,(H,16,20)(H,17,19)(H,18,21). The van der Waals surface area contributed by atoms with Gasteiger partial charge in [-0.05, 0) is 31.4 Å². The van der Waals surface area contributed by atoms with Crippen LogP contribution in [-0.4, -0.2) is 47.0 Å². The summed E-state index contributed by atoms with van der Waals surface area (Å²) in [5, 5.41) is 17.4. The first-order valence-electron chi connectivity index (χ1n) is 6.91. The molecule has 0 spiro atoms. The molecule has 1 rings (SSSR count). The van der Waals surface area contributed by atoms with Crippen molar-refractivity contribution >= 4 is 40.9 Å². The van der Waals surface area contributed by atoms with Gasteiger partial charge in [0.15, 0.2) is 0 Å². The molecule has 0 saturated carbocycles. The molecule has 0 aliphatic carbocycles. The summed E-state index contributed by atoms with van der Waals surface area (Å²) in [6, 6.07) is 6.44. The van der Waals surface area contributed by atoms with Crippen LogP contribution in [0.3, 0.4) is 0 Å². The van der Waals surface area contributed by atoms with Gasteiger partial charge in [-0.2, -0.15) is 11.8 Å². The normalized spacial score (nSPS) is 12.9. The van der Waals surface area contributed by atoms with Crippen molar-refractivity contribution < 1.29 is 19.5 Å². The predicted octanol–water partition coefficient (Wildman–Crippen LogP) is 0.814. The zero-order valence-corrected chi connectivity index (χ0v) is 14.1. The molecule has 0 heterocycles. The second-order valence-electron chi connectivity index (χ2n) is 5.33. The van der Waals surface area contributed by atoms with E-state index in [-0.39, 0.29) is 12.5 Å². The third-order valence-electron chi connectivity index (χ3n) is 2.73. The number of nitrogens with one attached hydrogen (secondary N) is 3. The molecule has 0 aliphatic rings. The van der Waals surface area contributed by atoms with Crippen molar-refractivity contribution in [2.24, 2.45) is 0 Å². The van der Waals surface area contributed by atoms with Crippen LogP contribution in [0, 0.1) is 0 Å². The van der Waals surface area contributed by atoms with Gasteiger partial charge in [-0.1, -0.05) is 6.07 Å². The second-order valence-corrected chi connectivity index (χ2v) is 6.19. The number of aliphatic hydroxyl groups is 1. The maximum absolute atomic E-state index is 11.8. The SMILES string of the molecule is CSCC(C)(O)CNC(=O)C(=O)Nc1cccc(NC(C)=O)c1. The summed E-state index contributed by atoms with van der Waals surface area (Å²) in [5.41, 5.74) is -0.188. The molecule has 3 amide bonds. The van der Waals surface area contributed by atoms with Gasteiger partial charge in [-0.25, -0.2) is 0 Å². The lowest BCUT2D eigenvalue weighted by Gasteiger charge is -2.22. The van der Waals surface area contributed by atoms with Crippen LogP contribution < -0.4 is 16.0 Å². The van der Waals surface area contributed by atoms with E-state index in [9.17, 15) is 19.5 Å². The molecule has 1 aromatic rings. The highest BCUT2D eigenvalue weighted by Crippen LogP contribution is 2.15. The molecule has 1 atom stereocenters. The van der Waals surface area contributed by atoms with E-state index >= 15 is 0 Å². The van der Waals surface area contributed by atoms with E-state index in [1.807, 2.05) is 6.26 Å². The van der Waals surface area contributed by atoms with Crippen LogP contribution >= 0.6 is 11.8 Å². The van der Waals surface area contributed by atoms with Crippen molar-refractivity contribution in [2.45, 2.75) is 19.4 Å². The fourth-order valence-electron chi connectivity index (χ4n) is 1.78. The summed E-state index contributed by atoms with van der Waals surface area (Å²) in [7, 11) is 0. The summed E-state index contributed by atoms with van der Waals surface area (Å²) in [6.45, 7) is 2.93. The summed E-state index contributed by atoms with van der Waals surface area (Å²) in [5.74, 6) is -1.48. The first-order valence-corrected chi connectivity index (χ1v) is 8.31. The van der Waals surface area contributed by atoms with Gasteiger partial charge < -0.3 is 21.1 Å². The molecule has 7 nitrogen and oxygen atoms in total. The van der Waals surface area contributed by atoms with Crippen molar-refractivity contribution in [1.82, 2.24) is 5.32 Å². The maximum atomic E-state index is 11.8. The van der Waals surface area contributed by atoms with E-state index in [1.54, 1.807) is 25.1 Å². The number of hydrogen-bond acceptors (Lipinski definition) is 5. The molecule has 8 heteroatoms. The number of benzene rings is 1. The third-order valence-corrected chi connectivity index (χ3v) is 3.64. The molecule has 23 heavy (non-hydrogen) atoms. The Balaban J connectivity index is 2.58. The first kappa shape index (κ1) is 19.0. The molecule has 4 N–H and O–H groups in total. The maximum Gasteiger partial charge on any atom is 0.313 e. The molecular weight excluding hydrogens is 318 g/mol. The Labute approximate surface area is 139 Å². The topological polar surface area (TPSA) is 108 Å². The summed E-state index contributed by atoms with van der Waals surface area (Å²) < 4.78 is 0. The van der Waals surface area contributed by atoms with Crippen LogP contribution in [0.4, 0.5) is 11.4 Å². The Bertz CT molecular complexity index is 590. The number of hydrogen-bond donors (Lipinski definition) is 4. The molecule has 0 fully saturated rings. The van der Waals surface area contributed by atoms with Gasteiger partial charge in [0.2, 0.25) is 5.91 Å². The lowest BCUT2D eigenvalue weighted by Crippen LogP contribution is -2.45. The highest BCUT2D eigenvalue weighted by molar-refractivity contribution is 7.98. The Morgan fingerprint density at radius 3 is 2.35 bits per heavy atom. The quantitative estimate of drug-likeness (QED) is 0.574. The van der Waals surface area contributed by atoms with Gasteiger partial charge >= 0.3 is 11.8 Å². The third kappa shape index (κ3) is 7.16. The summed E-state index contributed by atoms with van der Waals surface area (Å²) in [4.78, 5) is 34.6. The Hall–Kier alpha value is -2.06. The second kappa shape index (κ2) is 8.54. The lowest BCUT2D eigenvalue weighted by atomic mass is 10.1. The summed E-state index contributed by atoms with van der Waals surface area (Å²) in [6.07, 6.45) is 1.84. The zero-order chi connectivity index (χ0) is 17.5. The van der Waals surface area contributed by atoms with E-state index in [1.165, 1.54) is 24.8 Å². The predicted molar refractivity (Wildman–Crippen MR) is 91.4 cm³/mol. The molecule has 1 unspecified atom stereocenters. The average molecular weight is 339 g/mol. The van der Waals surface area contributed by atoms with Gasteiger partial charge in [-0.3, -0.25) is 14.4 Å². The van der Waals surface area contributed by atoms with Gasteiger partial charge in [0.25, 0.3) is 0 Å². The van der Waals surface area contributed by atoms with Crippen molar-refractivity contribution in [3.05, 3.63) is 24.3 Å². The van der Waals surface area contributed by atoms with E-state index in [0.29, 0.717) is 17.1 Å². The molecule has 126 valence electrons. The van der Waals surface area contributed by atoms with Crippen molar-refractivity contribution in [2.75, 3.05) is 29.2 Å². The van der Waals surface area contributed by atoms with Crippen LogP contribution in [0.1, 0.15) is 13.8 Å². The zero-order valence-electron chi connectivity index (χ0n) is 13.3. The molecule has 1 aromatic carbocycles. The number of anilines is 2. The summed E-state index contributed by atoms with van der Waals surface area (Å²) >= 11 is 1.44. The molecule has 0 saturated heterocycles. The first-order chi connectivity index (χ1) is 10.7. The largest absolute Gasteiger partial charge is 0.387 e. The van der Waals surface area contributed by atoms with E-state index in [0.717, 1.165) is 0 Å². The van der Waals surface area contributed by atoms with Gasteiger partial charge in [0.05, 0.1) is 5.60 Å². The fourth-order valence-corrected chi connectivity index (χ4v) is 2.50. The van der Waals surface area contributed by atoms with Crippen LogP contribution in [0.15, 0.2) is 24.3 Å². The van der Waals surface area contributed by atoms with Crippen LogP contribution in [0.2, 0.25) is 0 Å². The molecule has 0 aliphatic heterocycles. The number of amides is 3. The van der Waals surface area contributed by atoms with Crippen LogP contribution in [0.5, 0.6) is 0 Å². The Morgan fingerprint density at radius 2 is 1.78 bits per heavy atom. The van der Waals surface area contributed by atoms with Crippen LogP contribution in [-0.2, 0) is 14.4 Å². The van der Waals surface area contributed by atoms with Crippen LogP contribution in [0.25, 0.3) is 0 Å². The molecular formula is C15H21N3O4S. The monoisotopic (exact) mass is 339 g/mol. The molecule has 0 aromatic heterocycles. The minimum absolute atomic E-state index is 0.0218. The number of carbonyl (C=O) groups excluding carboxylic acids is 3.